The summed E-state index contributed by atoms with van der Waals surface area (Å²) in [6.45, 7) is 5.99. The van der Waals surface area contributed by atoms with Crippen LogP contribution in [0.2, 0.25) is 0 Å². The van der Waals surface area contributed by atoms with Gasteiger partial charge in [-0.3, -0.25) is 0 Å². The van der Waals surface area contributed by atoms with Crippen LogP contribution < -0.4 is 5.73 Å². The summed E-state index contributed by atoms with van der Waals surface area (Å²) < 4.78 is 1.98. The molecular weight excluding hydrogens is 216 g/mol. The van der Waals surface area contributed by atoms with E-state index >= 15 is 0 Å². The van der Waals surface area contributed by atoms with Crippen molar-refractivity contribution in [3.63, 3.8) is 0 Å². The molecule has 0 saturated heterocycles. The average molecular weight is 232 g/mol. The van der Waals surface area contributed by atoms with Crippen molar-refractivity contribution in [3.05, 3.63) is 24.0 Å². The van der Waals surface area contributed by atoms with Gasteiger partial charge in [-0.25, -0.2) is 0 Å². The number of anilines is 1. The molecule has 1 aromatic heterocycles. The minimum absolute atomic E-state index is 0.124. The maximum absolute atomic E-state index is 9.90. The molecule has 0 aliphatic carbocycles. The van der Waals surface area contributed by atoms with Crippen LogP contribution in [0.4, 0.5) is 5.69 Å². The summed E-state index contributed by atoms with van der Waals surface area (Å²) >= 11 is 0. The predicted molar refractivity (Wildman–Crippen MR) is 66.7 cm³/mol. The van der Waals surface area contributed by atoms with Crippen molar-refractivity contribution in [2.45, 2.75) is 26.8 Å². The Labute approximate surface area is 99.9 Å². The largest absolute Gasteiger partial charge is 0.507 e. The Hall–Kier alpha value is -2.04. The van der Waals surface area contributed by atoms with E-state index in [-0.39, 0.29) is 11.8 Å². The first kappa shape index (κ1) is 11.4. The maximum Gasteiger partial charge on any atom is 0.167 e. The third-order valence-electron chi connectivity index (χ3n) is 2.65. The van der Waals surface area contributed by atoms with Gasteiger partial charge in [0.05, 0.1) is 5.56 Å². The zero-order valence-electron chi connectivity index (χ0n) is 10.2. The summed E-state index contributed by atoms with van der Waals surface area (Å²) in [4.78, 5) is 0. The summed E-state index contributed by atoms with van der Waals surface area (Å²) in [6.07, 6.45) is 0. The Morgan fingerprint density at radius 2 is 2.00 bits per heavy atom. The lowest BCUT2D eigenvalue weighted by Gasteiger charge is -2.13. The van der Waals surface area contributed by atoms with Gasteiger partial charge in [0.1, 0.15) is 11.6 Å². The zero-order chi connectivity index (χ0) is 12.6. The van der Waals surface area contributed by atoms with E-state index in [0.717, 1.165) is 5.82 Å². The molecule has 5 heteroatoms. The van der Waals surface area contributed by atoms with E-state index < -0.39 is 0 Å². The minimum atomic E-state index is 0.124. The molecule has 3 N–H and O–H groups in total. The summed E-state index contributed by atoms with van der Waals surface area (Å²) in [7, 11) is 0. The lowest BCUT2D eigenvalue weighted by Crippen LogP contribution is -2.05. The monoisotopic (exact) mass is 232 g/mol. The van der Waals surface area contributed by atoms with E-state index in [2.05, 4.69) is 10.2 Å². The predicted octanol–water partition coefficient (Wildman–Crippen LogP) is 2.12. The van der Waals surface area contributed by atoms with Crippen molar-refractivity contribution in [1.29, 1.82) is 0 Å². The maximum atomic E-state index is 9.90. The fraction of sp³-hybridized carbons (Fsp3) is 0.333. The molecule has 0 atom stereocenters. The summed E-state index contributed by atoms with van der Waals surface area (Å²) in [5.74, 6) is 1.61. The molecule has 0 bridgehead atoms. The summed E-state index contributed by atoms with van der Waals surface area (Å²) in [5.41, 5.74) is 6.78. The molecule has 1 heterocycles. The Morgan fingerprint density at radius 3 is 2.59 bits per heavy atom. The van der Waals surface area contributed by atoms with E-state index in [1.165, 1.54) is 6.07 Å². The SMILES string of the molecule is Cc1nnc(-c2ccc(N)cc2O)n1C(C)C. The number of hydrogen-bond acceptors (Lipinski definition) is 4. The van der Waals surface area contributed by atoms with Crippen molar-refractivity contribution in [2.24, 2.45) is 0 Å². The summed E-state index contributed by atoms with van der Waals surface area (Å²) in [6, 6.07) is 5.25. The van der Waals surface area contributed by atoms with Crippen molar-refractivity contribution < 1.29 is 5.11 Å². The molecule has 0 aliphatic heterocycles. The molecule has 2 aromatic rings. The second-order valence-electron chi connectivity index (χ2n) is 4.31. The number of rotatable bonds is 2. The first-order valence-electron chi connectivity index (χ1n) is 5.51. The van der Waals surface area contributed by atoms with Crippen LogP contribution in [0.3, 0.4) is 0 Å². The van der Waals surface area contributed by atoms with Gasteiger partial charge in [-0.15, -0.1) is 10.2 Å². The van der Waals surface area contributed by atoms with Crippen molar-refractivity contribution in [1.82, 2.24) is 14.8 Å². The van der Waals surface area contributed by atoms with Gasteiger partial charge < -0.3 is 15.4 Å². The highest BCUT2D eigenvalue weighted by Crippen LogP contribution is 2.31. The second-order valence-corrected chi connectivity index (χ2v) is 4.31. The molecule has 0 saturated carbocycles. The van der Waals surface area contributed by atoms with Crippen LogP contribution >= 0.6 is 0 Å². The highest BCUT2D eigenvalue weighted by Gasteiger charge is 2.16. The molecule has 0 amide bonds. The van der Waals surface area contributed by atoms with Crippen LogP contribution in [0.15, 0.2) is 18.2 Å². The smallest absolute Gasteiger partial charge is 0.167 e. The lowest BCUT2D eigenvalue weighted by atomic mass is 10.1. The van der Waals surface area contributed by atoms with Crippen LogP contribution in [0.25, 0.3) is 11.4 Å². The zero-order valence-corrected chi connectivity index (χ0v) is 10.2. The molecule has 0 fully saturated rings. The van der Waals surface area contributed by atoms with E-state index in [1.807, 2.05) is 25.3 Å². The number of hydrogen-bond donors (Lipinski definition) is 2. The Balaban J connectivity index is 2.61. The molecule has 17 heavy (non-hydrogen) atoms. The molecule has 1 aromatic carbocycles. The van der Waals surface area contributed by atoms with Crippen LogP contribution in [-0.2, 0) is 0 Å². The topological polar surface area (TPSA) is 77.0 Å². The van der Waals surface area contributed by atoms with E-state index in [0.29, 0.717) is 17.1 Å². The molecule has 5 nitrogen and oxygen atoms in total. The first-order chi connectivity index (χ1) is 8.00. The number of nitrogens with two attached hydrogens (primary N) is 1. The van der Waals surface area contributed by atoms with Crippen molar-refractivity contribution >= 4 is 5.69 Å². The van der Waals surface area contributed by atoms with Gasteiger partial charge in [0, 0.05) is 17.8 Å². The average Bonchev–Trinajstić information content (AvgIpc) is 2.60. The van der Waals surface area contributed by atoms with Gasteiger partial charge in [-0.1, -0.05) is 0 Å². The van der Waals surface area contributed by atoms with Crippen molar-refractivity contribution in [3.8, 4) is 17.1 Å². The second kappa shape index (κ2) is 4.08. The van der Waals surface area contributed by atoms with Crippen molar-refractivity contribution in [2.75, 3.05) is 5.73 Å². The summed E-state index contributed by atoms with van der Waals surface area (Å²) in [5, 5.41) is 18.1. The quantitative estimate of drug-likeness (QED) is 0.777. The molecular formula is C12H16N4O. The fourth-order valence-electron chi connectivity index (χ4n) is 1.91. The van der Waals surface area contributed by atoms with E-state index in [1.54, 1.807) is 12.1 Å². The van der Waals surface area contributed by atoms with Gasteiger partial charge in [-0.2, -0.15) is 0 Å². The number of phenols is 1. The Bertz CT molecular complexity index is 545. The van der Waals surface area contributed by atoms with Gasteiger partial charge in [0.15, 0.2) is 5.82 Å². The minimum Gasteiger partial charge on any atom is -0.507 e. The highest BCUT2D eigenvalue weighted by atomic mass is 16.3. The number of nitrogens with zero attached hydrogens (tertiary/aromatic N) is 3. The fourth-order valence-corrected chi connectivity index (χ4v) is 1.91. The number of aromatic nitrogens is 3. The van der Waals surface area contributed by atoms with Crippen LogP contribution in [-0.4, -0.2) is 19.9 Å². The Kier molecular flexibility index (Phi) is 2.75. The van der Waals surface area contributed by atoms with Gasteiger partial charge in [-0.05, 0) is 32.9 Å². The first-order valence-corrected chi connectivity index (χ1v) is 5.51. The molecule has 90 valence electrons. The number of aromatic hydroxyl groups is 1. The lowest BCUT2D eigenvalue weighted by molar-refractivity contribution is 0.476. The molecule has 0 aliphatic rings. The molecule has 0 spiro atoms. The third-order valence-corrected chi connectivity index (χ3v) is 2.65. The number of phenolic OH excluding ortho intramolecular Hbond substituents is 1. The number of aryl methyl sites for hydroxylation is 1. The van der Waals surface area contributed by atoms with E-state index in [9.17, 15) is 5.11 Å². The number of nitrogen functional groups attached to an aromatic ring is 1. The van der Waals surface area contributed by atoms with Gasteiger partial charge in [0.2, 0.25) is 0 Å². The van der Waals surface area contributed by atoms with Gasteiger partial charge in [0.25, 0.3) is 0 Å². The molecule has 2 rings (SSSR count). The number of benzene rings is 1. The standard InChI is InChI=1S/C12H16N4O/c1-7(2)16-8(3)14-15-12(16)10-5-4-9(13)6-11(10)17/h4-7,17H,13H2,1-3H3. The van der Waals surface area contributed by atoms with E-state index in [4.69, 9.17) is 5.73 Å². The third kappa shape index (κ3) is 1.95. The van der Waals surface area contributed by atoms with Gasteiger partial charge >= 0.3 is 0 Å². The van der Waals surface area contributed by atoms with Crippen LogP contribution in [0.5, 0.6) is 5.75 Å². The Morgan fingerprint density at radius 1 is 1.29 bits per heavy atom. The molecule has 0 radical (unpaired) electrons. The molecule has 0 unspecified atom stereocenters. The highest BCUT2D eigenvalue weighted by molar-refractivity contribution is 5.67. The van der Waals surface area contributed by atoms with Crippen LogP contribution in [0.1, 0.15) is 25.7 Å². The van der Waals surface area contributed by atoms with Crippen LogP contribution in [0, 0.1) is 6.92 Å². The normalized spacial score (nSPS) is 11.1.